The van der Waals surface area contributed by atoms with E-state index >= 15 is 0 Å². The fraction of sp³-hybridized carbons (Fsp3) is 0.211. The maximum absolute atomic E-state index is 12.1. The van der Waals surface area contributed by atoms with Crippen molar-refractivity contribution in [1.82, 2.24) is 5.32 Å². The average Bonchev–Trinajstić information content (AvgIpc) is 2.66. The molecule has 0 fully saturated rings. The van der Waals surface area contributed by atoms with Crippen molar-refractivity contribution in [2.45, 2.75) is 13.0 Å². The van der Waals surface area contributed by atoms with Gasteiger partial charge in [-0.05, 0) is 43.3 Å². The van der Waals surface area contributed by atoms with Gasteiger partial charge >= 0.3 is 5.97 Å². The number of nitrogens with one attached hydrogen (secondary N) is 2. The van der Waals surface area contributed by atoms with Crippen molar-refractivity contribution in [1.29, 1.82) is 0 Å². The summed E-state index contributed by atoms with van der Waals surface area (Å²) in [6, 6.07) is 12.1. The molecule has 2 aromatic carbocycles. The maximum atomic E-state index is 12.1. The van der Waals surface area contributed by atoms with Crippen LogP contribution in [0.3, 0.4) is 0 Å². The van der Waals surface area contributed by atoms with E-state index in [0.717, 1.165) is 0 Å². The molecule has 0 heterocycles. The van der Waals surface area contributed by atoms with E-state index in [0.29, 0.717) is 22.0 Å². The molecule has 2 amide bonds. The molecule has 2 rings (SSSR count). The third kappa shape index (κ3) is 6.31. The molecule has 2 aromatic rings. The minimum absolute atomic E-state index is 0.356. The van der Waals surface area contributed by atoms with Crippen molar-refractivity contribution < 1.29 is 23.9 Å². The van der Waals surface area contributed by atoms with Crippen LogP contribution in [0.2, 0.25) is 5.02 Å². The highest BCUT2D eigenvalue weighted by Gasteiger charge is 2.19. The smallest absolute Gasteiger partial charge is 0.328 e. The number of ether oxygens (including phenoxy) is 2. The van der Waals surface area contributed by atoms with E-state index in [-0.39, 0.29) is 0 Å². The maximum Gasteiger partial charge on any atom is 0.328 e. The molecule has 0 unspecified atom stereocenters. The third-order valence-corrected chi connectivity index (χ3v) is 3.76. The summed E-state index contributed by atoms with van der Waals surface area (Å²) >= 11 is 5.77. The number of rotatable bonds is 7. The summed E-state index contributed by atoms with van der Waals surface area (Å²) in [6.07, 6.45) is 0. The van der Waals surface area contributed by atoms with Gasteiger partial charge in [-0.25, -0.2) is 4.79 Å². The summed E-state index contributed by atoms with van der Waals surface area (Å²) < 4.78 is 9.99. The van der Waals surface area contributed by atoms with Crippen LogP contribution in [-0.4, -0.2) is 37.5 Å². The van der Waals surface area contributed by atoms with Crippen LogP contribution in [-0.2, 0) is 14.3 Å². The third-order valence-electron chi connectivity index (χ3n) is 3.51. The van der Waals surface area contributed by atoms with E-state index in [4.69, 9.17) is 21.1 Å². The quantitative estimate of drug-likeness (QED) is 0.709. The lowest BCUT2D eigenvalue weighted by Gasteiger charge is -2.13. The van der Waals surface area contributed by atoms with Crippen LogP contribution < -0.4 is 15.4 Å². The van der Waals surface area contributed by atoms with Crippen LogP contribution >= 0.6 is 11.6 Å². The Balaban J connectivity index is 1.80. The Bertz CT molecular complexity index is 823. The van der Waals surface area contributed by atoms with Gasteiger partial charge in [-0.15, -0.1) is 0 Å². The monoisotopic (exact) mass is 390 g/mol. The number of esters is 1. The minimum Gasteiger partial charge on any atom is -0.497 e. The highest BCUT2D eigenvalue weighted by molar-refractivity contribution is 6.30. The molecule has 0 aromatic heterocycles. The van der Waals surface area contributed by atoms with Gasteiger partial charge in [-0.1, -0.05) is 17.7 Å². The molecule has 0 radical (unpaired) electrons. The Morgan fingerprint density at radius 2 is 1.81 bits per heavy atom. The van der Waals surface area contributed by atoms with Crippen molar-refractivity contribution in [3.63, 3.8) is 0 Å². The molecular weight excluding hydrogens is 372 g/mol. The number of methoxy groups -OCH3 is 1. The van der Waals surface area contributed by atoms with Crippen LogP contribution in [0.25, 0.3) is 0 Å². The first-order chi connectivity index (χ1) is 12.9. The van der Waals surface area contributed by atoms with Crippen LogP contribution in [0.4, 0.5) is 5.69 Å². The van der Waals surface area contributed by atoms with Gasteiger partial charge < -0.3 is 20.1 Å². The van der Waals surface area contributed by atoms with Crippen LogP contribution in [0, 0.1) is 0 Å². The first-order valence-corrected chi connectivity index (χ1v) is 8.44. The molecule has 0 saturated heterocycles. The van der Waals surface area contributed by atoms with Crippen molar-refractivity contribution in [3.05, 3.63) is 59.1 Å². The molecule has 1 atom stereocenters. The normalized spacial score (nSPS) is 11.2. The number of hydrogen-bond acceptors (Lipinski definition) is 5. The first-order valence-electron chi connectivity index (χ1n) is 8.06. The largest absolute Gasteiger partial charge is 0.497 e. The number of benzene rings is 2. The van der Waals surface area contributed by atoms with Crippen molar-refractivity contribution in [3.8, 4) is 5.75 Å². The summed E-state index contributed by atoms with van der Waals surface area (Å²) in [4.78, 5) is 35.9. The molecule has 2 N–H and O–H groups in total. The first kappa shape index (κ1) is 20.3. The number of amides is 2. The van der Waals surface area contributed by atoms with E-state index < -0.39 is 30.4 Å². The zero-order chi connectivity index (χ0) is 19.8. The van der Waals surface area contributed by atoms with Gasteiger partial charge in [0.1, 0.15) is 11.8 Å². The Morgan fingerprint density at radius 3 is 2.48 bits per heavy atom. The highest BCUT2D eigenvalue weighted by atomic mass is 35.5. The molecule has 0 aliphatic carbocycles. The molecule has 0 spiro atoms. The van der Waals surface area contributed by atoms with Crippen molar-refractivity contribution in [2.75, 3.05) is 19.0 Å². The Hall–Kier alpha value is -3.06. The number of carbonyl (C=O) groups excluding carboxylic acids is 3. The zero-order valence-electron chi connectivity index (χ0n) is 14.8. The lowest BCUT2D eigenvalue weighted by molar-refractivity contribution is -0.148. The standard InChI is InChI=1S/C19H19ClN2O5/c1-12(21-18(24)13-6-8-14(20)9-7-13)19(25)27-11-17(23)22-15-4-3-5-16(10-15)26-2/h3-10,12H,11H2,1-2H3,(H,21,24)(H,22,23)/t12-/m0/s1. The molecule has 0 bridgehead atoms. The summed E-state index contributed by atoms with van der Waals surface area (Å²) in [5.41, 5.74) is 0.870. The Morgan fingerprint density at radius 1 is 1.11 bits per heavy atom. The Kier molecular flexibility index (Phi) is 7.19. The number of halogens is 1. The number of carbonyl (C=O) groups is 3. The molecule has 0 aliphatic heterocycles. The summed E-state index contributed by atoms with van der Waals surface area (Å²) in [6.45, 7) is 0.993. The Labute approximate surface area is 161 Å². The van der Waals surface area contributed by atoms with Crippen molar-refractivity contribution >= 4 is 35.1 Å². The van der Waals surface area contributed by atoms with Gasteiger partial charge in [-0.3, -0.25) is 9.59 Å². The lowest BCUT2D eigenvalue weighted by atomic mass is 10.2. The topological polar surface area (TPSA) is 93.7 Å². The van der Waals surface area contributed by atoms with Crippen LogP contribution in [0.5, 0.6) is 5.75 Å². The molecule has 0 saturated carbocycles. The summed E-state index contributed by atoms with van der Waals surface area (Å²) in [5, 5.41) is 5.59. The van der Waals surface area contributed by atoms with Crippen LogP contribution in [0.15, 0.2) is 48.5 Å². The molecular formula is C19H19ClN2O5. The zero-order valence-corrected chi connectivity index (χ0v) is 15.6. The SMILES string of the molecule is COc1cccc(NC(=O)COC(=O)[C@H](C)NC(=O)c2ccc(Cl)cc2)c1. The van der Waals surface area contributed by atoms with E-state index in [2.05, 4.69) is 10.6 Å². The molecule has 8 heteroatoms. The van der Waals surface area contributed by atoms with E-state index in [1.807, 2.05) is 0 Å². The second-order valence-corrected chi connectivity index (χ2v) is 6.03. The van der Waals surface area contributed by atoms with E-state index in [1.165, 1.54) is 26.2 Å². The summed E-state index contributed by atoms with van der Waals surface area (Å²) in [5.74, 6) is -1.09. The summed E-state index contributed by atoms with van der Waals surface area (Å²) in [7, 11) is 1.52. The fourth-order valence-corrected chi connectivity index (χ4v) is 2.23. The second-order valence-electron chi connectivity index (χ2n) is 5.59. The molecule has 7 nitrogen and oxygen atoms in total. The van der Waals surface area contributed by atoms with Crippen molar-refractivity contribution in [2.24, 2.45) is 0 Å². The predicted molar refractivity (Wildman–Crippen MR) is 101 cm³/mol. The van der Waals surface area contributed by atoms with E-state index in [1.54, 1.807) is 36.4 Å². The van der Waals surface area contributed by atoms with E-state index in [9.17, 15) is 14.4 Å². The van der Waals surface area contributed by atoms with Gasteiger partial charge in [0.25, 0.3) is 11.8 Å². The number of hydrogen-bond donors (Lipinski definition) is 2. The average molecular weight is 391 g/mol. The van der Waals surface area contributed by atoms with Gasteiger partial charge in [0.2, 0.25) is 0 Å². The van der Waals surface area contributed by atoms with Gasteiger partial charge in [0, 0.05) is 22.3 Å². The van der Waals surface area contributed by atoms with Gasteiger partial charge in [0.05, 0.1) is 7.11 Å². The second kappa shape index (κ2) is 9.59. The lowest BCUT2D eigenvalue weighted by Crippen LogP contribution is -2.40. The number of anilines is 1. The fourth-order valence-electron chi connectivity index (χ4n) is 2.10. The minimum atomic E-state index is -0.919. The van der Waals surface area contributed by atoms with Gasteiger partial charge in [0.15, 0.2) is 6.61 Å². The molecule has 27 heavy (non-hydrogen) atoms. The van der Waals surface area contributed by atoms with Crippen LogP contribution in [0.1, 0.15) is 17.3 Å². The highest BCUT2D eigenvalue weighted by Crippen LogP contribution is 2.16. The van der Waals surface area contributed by atoms with Gasteiger partial charge in [-0.2, -0.15) is 0 Å². The molecule has 0 aliphatic rings. The molecule has 142 valence electrons. The predicted octanol–water partition coefficient (Wildman–Crippen LogP) is 2.65.